The minimum atomic E-state index is -3.22. The first kappa shape index (κ1) is 22.4. The van der Waals surface area contributed by atoms with E-state index in [0.717, 1.165) is 11.1 Å². The third-order valence-electron chi connectivity index (χ3n) is 5.30. The summed E-state index contributed by atoms with van der Waals surface area (Å²) in [5, 5.41) is 2.83. The monoisotopic (exact) mass is 410 g/mol. The van der Waals surface area contributed by atoms with Crippen molar-refractivity contribution in [3.05, 3.63) is 34.9 Å². The maximum absolute atomic E-state index is 12.2. The summed E-state index contributed by atoms with van der Waals surface area (Å²) in [7, 11) is -3.22. The van der Waals surface area contributed by atoms with E-state index in [1.165, 1.54) is 9.87 Å². The van der Waals surface area contributed by atoms with Gasteiger partial charge in [0, 0.05) is 13.1 Å². The molecule has 1 fully saturated rings. The first-order valence-electron chi connectivity index (χ1n) is 9.65. The number of hydrogen-bond acceptors (Lipinski definition) is 5. The molecule has 8 heteroatoms. The number of rotatable bonds is 7. The third kappa shape index (κ3) is 5.78. The van der Waals surface area contributed by atoms with Gasteiger partial charge in [-0.2, -0.15) is 0 Å². The van der Waals surface area contributed by atoms with Crippen LogP contribution in [-0.4, -0.2) is 50.0 Å². The van der Waals surface area contributed by atoms with Gasteiger partial charge in [-0.1, -0.05) is 18.2 Å². The van der Waals surface area contributed by atoms with E-state index in [1.54, 1.807) is 6.92 Å². The van der Waals surface area contributed by atoms with E-state index in [9.17, 15) is 18.0 Å². The molecule has 0 aliphatic carbocycles. The molecule has 0 bridgehead atoms. The molecular weight excluding hydrogens is 380 g/mol. The van der Waals surface area contributed by atoms with Crippen molar-refractivity contribution in [3.63, 3.8) is 0 Å². The second kappa shape index (κ2) is 9.52. The molecule has 1 saturated heterocycles. The molecule has 28 heavy (non-hydrogen) atoms. The maximum Gasteiger partial charge on any atom is 0.309 e. The van der Waals surface area contributed by atoms with Crippen LogP contribution in [0.5, 0.6) is 0 Å². The molecule has 0 aromatic heterocycles. The fraction of sp³-hybridized carbons (Fsp3) is 0.600. The lowest BCUT2D eigenvalue weighted by Gasteiger charge is -2.29. The smallest absolute Gasteiger partial charge is 0.309 e. The lowest BCUT2D eigenvalue weighted by molar-refractivity contribution is -0.153. The van der Waals surface area contributed by atoms with E-state index < -0.39 is 16.0 Å². The van der Waals surface area contributed by atoms with E-state index >= 15 is 0 Å². The van der Waals surface area contributed by atoms with Crippen LogP contribution in [0.25, 0.3) is 0 Å². The molecule has 2 rings (SSSR count). The summed E-state index contributed by atoms with van der Waals surface area (Å²) in [6.45, 7) is 7.83. The van der Waals surface area contributed by atoms with Crippen LogP contribution < -0.4 is 5.32 Å². The van der Waals surface area contributed by atoms with Gasteiger partial charge >= 0.3 is 5.97 Å². The summed E-state index contributed by atoms with van der Waals surface area (Å²) in [6, 6.07) is 5.83. The van der Waals surface area contributed by atoms with Crippen molar-refractivity contribution < 1.29 is 22.7 Å². The Labute approximate surface area is 167 Å². The number of ether oxygens (including phenoxy) is 1. The quantitative estimate of drug-likeness (QED) is 0.695. The Hall–Kier alpha value is -1.93. The van der Waals surface area contributed by atoms with Crippen molar-refractivity contribution in [1.29, 1.82) is 0 Å². The zero-order valence-electron chi connectivity index (χ0n) is 17.0. The topological polar surface area (TPSA) is 92.8 Å². The maximum atomic E-state index is 12.2. The van der Waals surface area contributed by atoms with E-state index in [0.29, 0.717) is 25.9 Å². The molecule has 1 amide bonds. The number of esters is 1. The fourth-order valence-electron chi connectivity index (χ4n) is 3.21. The van der Waals surface area contributed by atoms with Crippen LogP contribution in [-0.2, 0) is 24.3 Å². The summed E-state index contributed by atoms with van der Waals surface area (Å²) in [4.78, 5) is 24.3. The summed E-state index contributed by atoms with van der Waals surface area (Å²) in [5.41, 5.74) is 3.34. The van der Waals surface area contributed by atoms with Gasteiger partial charge < -0.3 is 10.1 Å². The zero-order valence-corrected chi connectivity index (χ0v) is 17.8. The lowest BCUT2D eigenvalue weighted by Crippen LogP contribution is -2.41. The number of hydrogen-bond donors (Lipinski definition) is 1. The van der Waals surface area contributed by atoms with Crippen LogP contribution >= 0.6 is 0 Å². The summed E-state index contributed by atoms with van der Waals surface area (Å²) >= 11 is 0. The average Bonchev–Trinajstić information content (AvgIpc) is 2.68. The molecule has 156 valence electrons. The number of sulfonamides is 1. The minimum absolute atomic E-state index is 0.0565. The highest BCUT2D eigenvalue weighted by atomic mass is 32.2. The van der Waals surface area contributed by atoms with Crippen molar-refractivity contribution in [1.82, 2.24) is 9.62 Å². The van der Waals surface area contributed by atoms with E-state index in [2.05, 4.69) is 5.32 Å². The molecule has 1 unspecified atom stereocenters. The molecule has 1 heterocycles. The van der Waals surface area contributed by atoms with Gasteiger partial charge in [0.2, 0.25) is 10.0 Å². The largest absolute Gasteiger partial charge is 0.455 e. The Morgan fingerprint density at radius 3 is 2.43 bits per heavy atom. The molecule has 7 nitrogen and oxygen atoms in total. The Kier molecular flexibility index (Phi) is 7.60. The number of carbonyl (C=O) groups excluding carboxylic acids is 2. The molecule has 1 aliphatic rings. The van der Waals surface area contributed by atoms with Crippen LogP contribution in [0, 0.1) is 19.8 Å². The minimum Gasteiger partial charge on any atom is -0.455 e. The van der Waals surface area contributed by atoms with Crippen molar-refractivity contribution in [3.8, 4) is 0 Å². The van der Waals surface area contributed by atoms with Crippen LogP contribution in [0.4, 0.5) is 0 Å². The fourth-order valence-corrected chi connectivity index (χ4v) is 4.34. The highest BCUT2D eigenvalue weighted by Gasteiger charge is 2.31. The summed E-state index contributed by atoms with van der Waals surface area (Å²) < 4.78 is 30.3. The molecule has 0 spiro atoms. The van der Waals surface area contributed by atoms with Crippen LogP contribution in [0.15, 0.2) is 18.2 Å². The average molecular weight is 411 g/mol. The van der Waals surface area contributed by atoms with E-state index in [1.807, 2.05) is 39.0 Å². The van der Waals surface area contributed by atoms with E-state index in [-0.39, 0.29) is 30.2 Å². The second-order valence-corrected chi connectivity index (χ2v) is 9.57. The molecule has 1 atom stereocenters. The Morgan fingerprint density at radius 1 is 1.21 bits per heavy atom. The Morgan fingerprint density at radius 2 is 1.86 bits per heavy atom. The molecular formula is C20H30N2O5S. The summed E-state index contributed by atoms with van der Waals surface area (Å²) in [5.74, 6) is -1.11. The normalized spacial score (nSPS) is 17.1. The van der Waals surface area contributed by atoms with Gasteiger partial charge in [0.25, 0.3) is 5.91 Å². The van der Waals surface area contributed by atoms with Gasteiger partial charge in [-0.15, -0.1) is 0 Å². The van der Waals surface area contributed by atoms with E-state index in [4.69, 9.17) is 4.74 Å². The molecule has 1 aromatic rings. The predicted octanol–water partition coefficient (Wildman–Crippen LogP) is 2.09. The first-order chi connectivity index (χ1) is 13.1. The van der Waals surface area contributed by atoms with Gasteiger partial charge in [-0.05, 0) is 57.2 Å². The number of nitrogens with one attached hydrogen (secondary N) is 1. The highest BCUT2D eigenvalue weighted by molar-refractivity contribution is 7.89. The van der Waals surface area contributed by atoms with Crippen LogP contribution in [0.3, 0.4) is 0 Å². The van der Waals surface area contributed by atoms with Crippen molar-refractivity contribution in [2.24, 2.45) is 5.92 Å². The molecule has 1 aromatic carbocycles. The second-order valence-electron chi connectivity index (χ2n) is 7.31. The number of piperidine rings is 1. The summed E-state index contributed by atoms with van der Waals surface area (Å²) in [6.07, 6.45) is 0.831. The standard InChI is InChI=1S/C20H30N2O5S/c1-5-28(25,26)22-10-8-17(9-11-22)20(24)27-13-19(23)21-16(4)18-7-6-14(2)15(3)12-18/h6-7,12,16-17H,5,8-11,13H2,1-4H3,(H,21,23). The molecule has 0 radical (unpaired) electrons. The Balaban J connectivity index is 1.78. The number of nitrogens with zero attached hydrogens (tertiary/aromatic N) is 1. The van der Waals surface area contributed by atoms with Gasteiger partial charge in [0.15, 0.2) is 6.61 Å². The van der Waals surface area contributed by atoms with Crippen molar-refractivity contribution in [2.45, 2.75) is 46.6 Å². The SMILES string of the molecule is CCS(=O)(=O)N1CCC(C(=O)OCC(=O)NC(C)c2ccc(C)c(C)c2)CC1. The number of aryl methyl sites for hydroxylation is 2. The zero-order chi connectivity index (χ0) is 20.9. The first-order valence-corrected chi connectivity index (χ1v) is 11.3. The van der Waals surface area contributed by atoms with Crippen LogP contribution in [0.2, 0.25) is 0 Å². The number of benzene rings is 1. The lowest BCUT2D eigenvalue weighted by atomic mass is 9.98. The van der Waals surface area contributed by atoms with Crippen molar-refractivity contribution in [2.75, 3.05) is 25.4 Å². The highest BCUT2D eigenvalue weighted by Crippen LogP contribution is 2.21. The van der Waals surface area contributed by atoms with Gasteiger partial charge in [-0.3, -0.25) is 9.59 Å². The van der Waals surface area contributed by atoms with Crippen LogP contribution in [0.1, 0.15) is 49.4 Å². The van der Waals surface area contributed by atoms with Gasteiger partial charge in [-0.25, -0.2) is 12.7 Å². The number of carbonyl (C=O) groups is 2. The number of amides is 1. The predicted molar refractivity (Wildman–Crippen MR) is 107 cm³/mol. The Bertz CT molecular complexity index is 814. The van der Waals surface area contributed by atoms with Crippen molar-refractivity contribution >= 4 is 21.9 Å². The molecule has 1 aliphatic heterocycles. The van der Waals surface area contributed by atoms with Gasteiger partial charge in [0.05, 0.1) is 17.7 Å². The van der Waals surface area contributed by atoms with Gasteiger partial charge in [0.1, 0.15) is 0 Å². The molecule has 1 N–H and O–H groups in total. The molecule has 0 saturated carbocycles. The third-order valence-corrected chi connectivity index (χ3v) is 7.18.